The number of aromatic nitrogens is 3. The molecule has 1 amide bonds. The van der Waals surface area contributed by atoms with E-state index in [2.05, 4.69) is 9.97 Å². The van der Waals surface area contributed by atoms with Gasteiger partial charge in [-0.3, -0.25) is 19.1 Å². The van der Waals surface area contributed by atoms with Gasteiger partial charge in [0.2, 0.25) is 0 Å². The Labute approximate surface area is 183 Å². The summed E-state index contributed by atoms with van der Waals surface area (Å²) in [5.74, 6) is 1.30. The van der Waals surface area contributed by atoms with Crippen LogP contribution in [0.4, 0.5) is 0 Å². The smallest absolute Gasteiger partial charge is 0.329 e. The number of benzene rings is 1. The number of H-pyrrole nitrogens is 1. The first-order valence-electron chi connectivity index (χ1n) is 10.8. The molecule has 1 aliphatic heterocycles. The minimum atomic E-state index is -0.597. The van der Waals surface area contributed by atoms with Crippen LogP contribution in [0.1, 0.15) is 47.3 Å². The van der Waals surface area contributed by atoms with E-state index in [-0.39, 0.29) is 28.4 Å². The van der Waals surface area contributed by atoms with E-state index >= 15 is 0 Å². The number of nitrogens with one attached hydrogen (secondary N) is 1. The molecule has 9 nitrogen and oxygen atoms in total. The van der Waals surface area contributed by atoms with E-state index in [4.69, 9.17) is 9.47 Å². The molecule has 0 saturated heterocycles. The average molecular weight is 436 g/mol. The second-order valence-electron chi connectivity index (χ2n) is 8.21. The molecule has 1 fully saturated rings. The van der Waals surface area contributed by atoms with Gasteiger partial charge in [-0.1, -0.05) is 6.07 Å². The topological polar surface area (TPSA) is 107 Å². The van der Waals surface area contributed by atoms with Crippen LogP contribution >= 0.6 is 0 Å². The van der Waals surface area contributed by atoms with Gasteiger partial charge < -0.3 is 14.4 Å². The third-order valence-electron chi connectivity index (χ3n) is 5.88. The highest BCUT2D eigenvalue weighted by Crippen LogP contribution is 2.40. The molecular weight excluding hydrogens is 412 g/mol. The number of carbonyl (C=O) groups excluding carboxylic acids is 1. The van der Waals surface area contributed by atoms with Gasteiger partial charge in [0, 0.05) is 31.7 Å². The molecule has 3 heterocycles. The normalized spacial score (nSPS) is 15.1. The summed E-state index contributed by atoms with van der Waals surface area (Å²) < 4.78 is 12.6. The number of pyridine rings is 1. The molecule has 32 heavy (non-hydrogen) atoms. The zero-order chi connectivity index (χ0) is 22.4. The van der Waals surface area contributed by atoms with Crippen LogP contribution < -0.4 is 20.7 Å². The van der Waals surface area contributed by atoms with Gasteiger partial charge in [0.25, 0.3) is 11.5 Å². The summed E-state index contributed by atoms with van der Waals surface area (Å²) in [5, 5.41) is 0.148. The summed E-state index contributed by atoms with van der Waals surface area (Å²) in [5.41, 5.74) is 1.04. The highest BCUT2D eigenvalue weighted by atomic mass is 16.6. The predicted molar refractivity (Wildman–Crippen MR) is 118 cm³/mol. The number of carbonyl (C=O) groups is 1. The summed E-state index contributed by atoms with van der Waals surface area (Å²) >= 11 is 0. The van der Waals surface area contributed by atoms with E-state index in [1.807, 2.05) is 18.2 Å². The first-order chi connectivity index (χ1) is 15.5. The molecule has 2 aliphatic rings. The van der Waals surface area contributed by atoms with Crippen molar-refractivity contribution < 1.29 is 14.3 Å². The fraction of sp³-hybridized carbons (Fsp3) is 0.391. The second-order valence-corrected chi connectivity index (χ2v) is 8.21. The first kappa shape index (κ1) is 20.3. The van der Waals surface area contributed by atoms with Crippen LogP contribution in [-0.2, 0) is 13.1 Å². The standard InChI is InChI=1S/C23H24N4O5/c1-3-27-20-19(21(28)25-23(27)30)15(11-16(24-20)14-5-6-14)22(29)26(2)12-13-4-7-17-18(10-13)32-9-8-31-17/h4,7,10-11,14H,3,5-6,8-9,12H2,1-2H3,(H,25,28,30). The molecule has 1 aliphatic carbocycles. The van der Waals surface area contributed by atoms with Gasteiger partial charge in [-0.2, -0.15) is 0 Å². The van der Waals surface area contributed by atoms with Gasteiger partial charge in [0.1, 0.15) is 13.2 Å². The van der Waals surface area contributed by atoms with Gasteiger partial charge >= 0.3 is 5.69 Å². The Bertz CT molecular complexity index is 1340. The Kier molecular flexibility index (Phi) is 4.96. The number of fused-ring (bicyclic) bond motifs is 2. The maximum Gasteiger partial charge on any atom is 0.329 e. The SMILES string of the molecule is CCn1c(=O)[nH]c(=O)c2c(C(=O)N(C)Cc3ccc4c(c3)OCCO4)cc(C3CC3)nc21. The van der Waals surface area contributed by atoms with Crippen LogP contribution in [0.2, 0.25) is 0 Å². The second kappa shape index (κ2) is 7.81. The maximum absolute atomic E-state index is 13.5. The Balaban J connectivity index is 1.55. The number of aryl methyl sites for hydroxylation is 1. The number of ether oxygens (including phenoxy) is 2. The number of aromatic amines is 1. The third kappa shape index (κ3) is 3.53. The van der Waals surface area contributed by atoms with Gasteiger partial charge in [-0.05, 0) is 43.5 Å². The lowest BCUT2D eigenvalue weighted by Gasteiger charge is -2.22. The van der Waals surface area contributed by atoms with Crippen molar-refractivity contribution in [3.8, 4) is 11.5 Å². The Hall–Kier alpha value is -3.62. The lowest BCUT2D eigenvalue weighted by Crippen LogP contribution is -2.33. The maximum atomic E-state index is 13.5. The molecule has 1 saturated carbocycles. The van der Waals surface area contributed by atoms with Crippen molar-refractivity contribution in [2.75, 3.05) is 20.3 Å². The van der Waals surface area contributed by atoms with Crippen LogP contribution in [0.15, 0.2) is 33.9 Å². The molecule has 1 aromatic carbocycles. The number of amides is 1. The summed E-state index contributed by atoms with van der Waals surface area (Å²) in [6, 6.07) is 7.29. The fourth-order valence-corrected chi connectivity index (χ4v) is 4.08. The number of rotatable bonds is 5. The average Bonchev–Trinajstić information content (AvgIpc) is 3.63. The lowest BCUT2D eigenvalue weighted by atomic mass is 10.1. The predicted octanol–water partition coefficient (Wildman–Crippen LogP) is 2.03. The summed E-state index contributed by atoms with van der Waals surface area (Å²) in [4.78, 5) is 47.0. The molecule has 0 bridgehead atoms. The van der Waals surface area contributed by atoms with E-state index in [9.17, 15) is 14.4 Å². The largest absolute Gasteiger partial charge is 0.486 e. The molecule has 3 aromatic rings. The van der Waals surface area contributed by atoms with Crippen molar-refractivity contribution in [2.24, 2.45) is 0 Å². The quantitative estimate of drug-likeness (QED) is 0.656. The molecule has 0 spiro atoms. The molecule has 0 radical (unpaired) electrons. The first-order valence-corrected chi connectivity index (χ1v) is 10.8. The van der Waals surface area contributed by atoms with Crippen LogP contribution in [0, 0.1) is 0 Å². The molecule has 2 aromatic heterocycles. The Morgan fingerprint density at radius 3 is 2.66 bits per heavy atom. The molecule has 0 unspecified atom stereocenters. The van der Waals surface area contributed by atoms with Crippen molar-refractivity contribution in [1.29, 1.82) is 0 Å². The van der Waals surface area contributed by atoms with E-state index < -0.39 is 11.2 Å². The highest BCUT2D eigenvalue weighted by molar-refractivity contribution is 6.05. The Morgan fingerprint density at radius 1 is 1.19 bits per heavy atom. The fourth-order valence-electron chi connectivity index (χ4n) is 4.08. The molecule has 1 N–H and O–H groups in total. The van der Waals surface area contributed by atoms with E-state index in [1.54, 1.807) is 24.9 Å². The zero-order valence-corrected chi connectivity index (χ0v) is 18.0. The highest BCUT2D eigenvalue weighted by Gasteiger charge is 2.29. The Morgan fingerprint density at radius 2 is 1.94 bits per heavy atom. The van der Waals surface area contributed by atoms with Gasteiger partial charge in [0.15, 0.2) is 17.1 Å². The zero-order valence-electron chi connectivity index (χ0n) is 18.0. The number of nitrogens with zero attached hydrogens (tertiary/aromatic N) is 3. The summed E-state index contributed by atoms with van der Waals surface area (Å²) in [7, 11) is 1.69. The van der Waals surface area contributed by atoms with Crippen LogP contribution in [0.3, 0.4) is 0 Å². The van der Waals surface area contributed by atoms with Crippen molar-refractivity contribution in [3.63, 3.8) is 0 Å². The number of hydrogen-bond donors (Lipinski definition) is 1. The molecule has 9 heteroatoms. The van der Waals surface area contributed by atoms with Crippen LogP contribution in [-0.4, -0.2) is 45.6 Å². The summed E-state index contributed by atoms with van der Waals surface area (Å²) in [6.45, 7) is 3.47. The minimum Gasteiger partial charge on any atom is -0.486 e. The van der Waals surface area contributed by atoms with Gasteiger partial charge in [0.05, 0.1) is 10.9 Å². The van der Waals surface area contributed by atoms with Crippen molar-refractivity contribution in [1.82, 2.24) is 19.4 Å². The molecule has 0 atom stereocenters. The van der Waals surface area contributed by atoms with Crippen molar-refractivity contribution in [3.05, 3.63) is 61.9 Å². The lowest BCUT2D eigenvalue weighted by molar-refractivity contribution is 0.0786. The van der Waals surface area contributed by atoms with Gasteiger partial charge in [-0.25, -0.2) is 9.78 Å². The third-order valence-corrected chi connectivity index (χ3v) is 5.88. The molecule has 166 valence electrons. The van der Waals surface area contributed by atoms with E-state index in [0.717, 1.165) is 24.1 Å². The van der Waals surface area contributed by atoms with Crippen molar-refractivity contribution in [2.45, 2.75) is 38.8 Å². The van der Waals surface area contributed by atoms with Crippen LogP contribution in [0.25, 0.3) is 11.0 Å². The molecular formula is C23H24N4O5. The van der Waals surface area contributed by atoms with Crippen LogP contribution in [0.5, 0.6) is 11.5 Å². The number of hydrogen-bond acceptors (Lipinski definition) is 6. The molecule has 5 rings (SSSR count). The summed E-state index contributed by atoms with van der Waals surface area (Å²) in [6.07, 6.45) is 1.97. The minimum absolute atomic E-state index is 0.148. The monoisotopic (exact) mass is 436 g/mol. The van der Waals surface area contributed by atoms with Crippen molar-refractivity contribution >= 4 is 16.9 Å². The van der Waals surface area contributed by atoms with Gasteiger partial charge in [-0.15, -0.1) is 0 Å². The van der Waals surface area contributed by atoms with E-state index in [0.29, 0.717) is 37.8 Å². The van der Waals surface area contributed by atoms with E-state index in [1.165, 1.54) is 4.57 Å².